The molecule has 0 aliphatic heterocycles. The summed E-state index contributed by atoms with van der Waals surface area (Å²) in [6, 6.07) is 3.83. The predicted molar refractivity (Wildman–Crippen MR) is 114 cm³/mol. The van der Waals surface area contributed by atoms with Gasteiger partial charge in [-0.1, -0.05) is 23.2 Å². The molecule has 2 atom stereocenters. The molecule has 0 spiro atoms. The average Bonchev–Trinajstić information content (AvgIpc) is 3.18. The van der Waals surface area contributed by atoms with Gasteiger partial charge in [0, 0.05) is 13.6 Å². The SMILES string of the molecule is C[C@@H](O)[C@@H](NS(=O)(=O)c1ccc(Cl)c(Cl)c1)C(=O)OCC(=O)N(C)Cc1ccsc1. The highest BCUT2D eigenvalue weighted by atomic mass is 35.5. The number of sulfonamides is 1. The number of rotatable bonds is 9. The lowest BCUT2D eigenvalue weighted by molar-refractivity contribution is -0.155. The van der Waals surface area contributed by atoms with Crippen LogP contribution in [0, 0.1) is 0 Å². The summed E-state index contributed by atoms with van der Waals surface area (Å²) in [7, 11) is -2.68. The number of benzene rings is 1. The number of thiophene rings is 1. The highest BCUT2D eigenvalue weighted by molar-refractivity contribution is 7.89. The topological polar surface area (TPSA) is 113 Å². The second-order valence-electron chi connectivity index (χ2n) is 6.40. The van der Waals surface area contributed by atoms with Crippen LogP contribution >= 0.6 is 34.5 Å². The molecule has 12 heteroatoms. The fourth-order valence-electron chi connectivity index (χ4n) is 2.30. The molecular formula is C18H20Cl2N2O6S2. The number of ether oxygens (including phenoxy) is 1. The van der Waals surface area contributed by atoms with E-state index in [1.807, 2.05) is 16.8 Å². The van der Waals surface area contributed by atoms with Gasteiger partial charge < -0.3 is 14.7 Å². The van der Waals surface area contributed by atoms with Gasteiger partial charge in [0.15, 0.2) is 6.61 Å². The Hall–Kier alpha value is -1.69. The number of hydrogen-bond donors (Lipinski definition) is 2. The second kappa shape index (κ2) is 10.6. The van der Waals surface area contributed by atoms with Crippen molar-refractivity contribution in [3.05, 3.63) is 50.6 Å². The number of carbonyl (C=O) groups is 2. The molecule has 164 valence electrons. The number of halogens is 2. The Bertz CT molecular complexity index is 996. The van der Waals surface area contributed by atoms with Gasteiger partial charge in [-0.15, -0.1) is 0 Å². The van der Waals surface area contributed by atoms with E-state index in [1.54, 1.807) is 7.05 Å². The Kier molecular flexibility index (Phi) is 8.65. The lowest BCUT2D eigenvalue weighted by atomic mass is 10.2. The van der Waals surface area contributed by atoms with Gasteiger partial charge in [-0.2, -0.15) is 16.1 Å². The van der Waals surface area contributed by atoms with Gasteiger partial charge in [-0.25, -0.2) is 8.42 Å². The Morgan fingerprint density at radius 2 is 1.97 bits per heavy atom. The Balaban J connectivity index is 2.01. The molecule has 0 radical (unpaired) electrons. The third-order valence-corrected chi connectivity index (χ3v) is 6.89. The summed E-state index contributed by atoms with van der Waals surface area (Å²) in [5, 5.41) is 13.8. The van der Waals surface area contributed by atoms with Crippen LogP contribution in [0.1, 0.15) is 12.5 Å². The highest BCUT2D eigenvalue weighted by Crippen LogP contribution is 2.25. The van der Waals surface area contributed by atoms with Gasteiger partial charge in [0.1, 0.15) is 6.04 Å². The van der Waals surface area contributed by atoms with E-state index in [9.17, 15) is 23.1 Å². The van der Waals surface area contributed by atoms with Crippen LogP contribution in [0.4, 0.5) is 0 Å². The number of nitrogens with zero attached hydrogens (tertiary/aromatic N) is 1. The van der Waals surface area contributed by atoms with E-state index in [0.717, 1.165) is 11.6 Å². The molecule has 0 aliphatic carbocycles. The summed E-state index contributed by atoms with van der Waals surface area (Å²) in [5.74, 6) is -1.57. The lowest BCUT2D eigenvalue weighted by Crippen LogP contribution is -2.49. The van der Waals surface area contributed by atoms with Crippen LogP contribution in [-0.2, 0) is 30.9 Å². The Labute approximate surface area is 188 Å². The quantitative estimate of drug-likeness (QED) is 0.517. The van der Waals surface area contributed by atoms with Crippen molar-refractivity contribution in [1.29, 1.82) is 0 Å². The minimum Gasteiger partial charge on any atom is -0.454 e. The molecule has 0 fully saturated rings. The molecule has 0 bridgehead atoms. The molecule has 0 saturated carbocycles. The molecule has 0 saturated heterocycles. The van der Waals surface area contributed by atoms with Crippen LogP contribution in [-0.4, -0.2) is 56.1 Å². The summed E-state index contributed by atoms with van der Waals surface area (Å²) >= 11 is 13.1. The van der Waals surface area contributed by atoms with Crippen LogP contribution in [0.3, 0.4) is 0 Å². The van der Waals surface area contributed by atoms with Gasteiger partial charge in [0.2, 0.25) is 10.0 Å². The molecule has 2 aromatic rings. The molecule has 0 aliphatic rings. The zero-order valence-corrected chi connectivity index (χ0v) is 19.2. The van der Waals surface area contributed by atoms with Crippen molar-refractivity contribution in [2.75, 3.05) is 13.7 Å². The molecule has 1 amide bonds. The maximum Gasteiger partial charge on any atom is 0.327 e. The summed E-state index contributed by atoms with van der Waals surface area (Å²) < 4.78 is 32.1. The first-order valence-electron chi connectivity index (χ1n) is 8.58. The maximum absolute atomic E-state index is 12.5. The number of carbonyl (C=O) groups excluding carboxylic acids is 2. The first-order valence-corrected chi connectivity index (χ1v) is 11.8. The minimum atomic E-state index is -4.23. The Morgan fingerprint density at radius 3 is 2.53 bits per heavy atom. The normalized spacial score (nSPS) is 13.5. The third-order valence-electron chi connectivity index (χ3n) is 3.98. The van der Waals surface area contributed by atoms with E-state index in [2.05, 4.69) is 4.72 Å². The molecule has 30 heavy (non-hydrogen) atoms. The number of likely N-dealkylation sites (N-methyl/N-ethyl adjacent to an activating group) is 1. The maximum atomic E-state index is 12.5. The van der Waals surface area contributed by atoms with Crippen molar-refractivity contribution in [3.63, 3.8) is 0 Å². The first kappa shape index (κ1) is 24.6. The van der Waals surface area contributed by atoms with E-state index in [0.29, 0.717) is 6.54 Å². The molecule has 1 heterocycles. The van der Waals surface area contributed by atoms with Gasteiger partial charge in [-0.05, 0) is 47.5 Å². The van der Waals surface area contributed by atoms with E-state index in [4.69, 9.17) is 27.9 Å². The van der Waals surface area contributed by atoms with Gasteiger partial charge in [0.05, 0.1) is 21.0 Å². The number of esters is 1. The fourth-order valence-corrected chi connectivity index (χ4v) is 4.61. The molecule has 1 aromatic carbocycles. The number of aliphatic hydroxyl groups is 1. The second-order valence-corrected chi connectivity index (χ2v) is 9.71. The van der Waals surface area contributed by atoms with Gasteiger partial charge in [0.25, 0.3) is 5.91 Å². The van der Waals surface area contributed by atoms with E-state index >= 15 is 0 Å². The number of hydrogen-bond acceptors (Lipinski definition) is 7. The number of aliphatic hydroxyl groups excluding tert-OH is 1. The average molecular weight is 495 g/mol. The Morgan fingerprint density at radius 1 is 1.27 bits per heavy atom. The molecule has 0 unspecified atom stereocenters. The van der Waals surface area contributed by atoms with Crippen molar-refractivity contribution >= 4 is 56.4 Å². The standard InChI is InChI=1S/C18H20Cl2N2O6S2/c1-11(23)17(21-30(26,27)13-3-4-14(19)15(20)7-13)18(25)28-9-16(24)22(2)8-12-5-6-29-10-12/h3-7,10-11,17,21,23H,8-9H2,1-2H3/t11-,17-/m1/s1. The summed E-state index contributed by atoms with van der Waals surface area (Å²) in [6.07, 6.45) is -1.42. The monoisotopic (exact) mass is 494 g/mol. The lowest BCUT2D eigenvalue weighted by Gasteiger charge is -2.21. The summed E-state index contributed by atoms with van der Waals surface area (Å²) in [4.78, 5) is 25.6. The number of nitrogens with one attached hydrogen (secondary N) is 1. The van der Waals surface area contributed by atoms with Crippen molar-refractivity contribution in [3.8, 4) is 0 Å². The summed E-state index contributed by atoms with van der Waals surface area (Å²) in [6.45, 7) is 0.953. The van der Waals surface area contributed by atoms with Crippen molar-refractivity contribution < 1.29 is 27.9 Å². The zero-order chi connectivity index (χ0) is 22.5. The minimum absolute atomic E-state index is 0.00923. The van der Waals surface area contributed by atoms with Crippen LogP contribution in [0.2, 0.25) is 10.0 Å². The largest absolute Gasteiger partial charge is 0.454 e. The fraction of sp³-hybridized carbons (Fsp3) is 0.333. The van der Waals surface area contributed by atoms with E-state index in [1.165, 1.54) is 35.3 Å². The predicted octanol–water partition coefficient (Wildman–Crippen LogP) is 2.28. The van der Waals surface area contributed by atoms with E-state index in [-0.39, 0.29) is 14.9 Å². The smallest absolute Gasteiger partial charge is 0.327 e. The molecular weight excluding hydrogens is 475 g/mol. The van der Waals surface area contributed by atoms with Gasteiger partial charge >= 0.3 is 5.97 Å². The summed E-state index contributed by atoms with van der Waals surface area (Å²) in [5.41, 5.74) is 0.929. The van der Waals surface area contributed by atoms with Crippen molar-refractivity contribution in [2.45, 2.75) is 30.5 Å². The molecule has 1 aromatic heterocycles. The van der Waals surface area contributed by atoms with Crippen molar-refractivity contribution in [2.24, 2.45) is 0 Å². The highest BCUT2D eigenvalue weighted by Gasteiger charge is 2.31. The van der Waals surface area contributed by atoms with Crippen LogP contribution in [0.15, 0.2) is 39.9 Å². The van der Waals surface area contributed by atoms with Crippen LogP contribution in [0.5, 0.6) is 0 Å². The first-order chi connectivity index (χ1) is 14.0. The number of amides is 1. The molecule has 2 N–H and O–H groups in total. The molecule has 8 nitrogen and oxygen atoms in total. The zero-order valence-electron chi connectivity index (χ0n) is 16.0. The third kappa shape index (κ3) is 6.66. The van der Waals surface area contributed by atoms with E-state index < -0.39 is 40.7 Å². The van der Waals surface area contributed by atoms with Gasteiger partial charge in [-0.3, -0.25) is 9.59 Å². The van der Waals surface area contributed by atoms with Crippen LogP contribution in [0.25, 0.3) is 0 Å². The van der Waals surface area contributed by atoms with Crippen LogP contribution < -0.4 is 4.72 Å². The molecule has 2 rings (SSSR count). The van der Waals surface area contributed by atoms with Crippen molar-refractivity contribution in [1.82, 2.24) is 9.62 Å².